The van der Waals surface area contributed by atoms with E-state index in [9.17, 15) is 4.79 Å². The zero-order valence-electron chi connectivity index (χ0n) is 11.0. The molecule has 0 bridgehead atoms. The third-order valence-electron chi connectivity index (χ3n) is 2.69. The fraction of sp³-hybridized carbons (Fsp3) is 0.133. The molecule has 2 rings (SSSR count). The molecule has 0 aliphatic rings. The van der Waals surface area contributed by atoms with Crippen LogP contribution >= 0.6 is 11.6 Å². The molecular weight excluding hydrogens is 276 g/mol. The van der Waals surface area contributed by atoms with Crippen molar-refractivity contribution < 1.29 is 9.53 Å². The number of nitrogens with one attached hydrogen (secondary N) is 1. The van der Waals surface area contributed by atoms with Crippen molar-refractivity contribution in [3.63, 3.8) is 0 Å². The van der Waals surface area contributed by atoms with Crippen molar-refractivity contribution in [1.29, 1.82) is 0 Å². The molecule has 0 atom stereocenters. The first-order chi connectivity index (χ1) is 9.56. The Kier molecular flexibility index (Phi) is 4.48. The number of anilines is 2. The van der Waals surface area contributed by atoms with E-state index in [1.807, 2.05) is 25.1 Å². The summed E-state index contributed by atoms with van der Waals surface area (Å²) in [6.45, 7) is 1.75. The number of hydrogen-bond acceptors (Lipinski definition) is 3. The topological polar surface area (TPSA) is 64.3 Å². The molecule has 5 heteroatoms. The zero-order valence-corrected chi connectivity index (χ0v) is 11.8. The Labute approximate surface area is 122 Å². The summed E-state index contributed by atoms with van der Waals surface area (Å²) in [5.41, 5.74) is 7.60. The van der Waals surface area contributed by atoms with E-state index in [1.165, 1.54) is 0 Å². The summed E-state index contributed by atoms with van der Waals surface area (Å²) >= 11 is 6.06. The first kappa shape index (κ1) is 14.2. The van der Waals surface area contributed by atoms with Gasteiger partial charge in [-0.3, -0.25) is 4.79 Å². The van der Waals surface area contributed by atoms with Crippen LogP contribution in [0, 0.1) is 6.92 Å². The zero-order chi connectivity index (χ0) is 14.5. The average molecular weight is 291 g/mol. The van der Waals surface area contributed by atoms with Gasteiger partial charge < -0.3 is 15.8 Å². The second-order valence-electron chi connectivity index (χ2n) is 4.34. The fourth-order valence-electron chi connectivity index (χ4n) is 1.77. The van der Waals surface area contributed by atoms with Crippen molar-refractivity contribution in [2.75, 3.05) is 17.7 Å². The number of amides is 1. The van der Waals surface area contributed by atoms with Crippen LogP contribution in [0.2, 0.25) is 5.02 Å². The van der Waals surface area contributed by atoms with Gasteiger partial charge in [-0.15, -0.1) is 0 Å². The molecule has 0 saturated heterocycles. The van der Waals surface area contributed by atoms with Gasteiger partial charge in [0.1, 0.15) is 5.75 Å². The third-order valence-corrected chi connectivity index (χ3v) is 2.99. The molecule has 2 aromatic rings. The summed E-state index contributed by atoms with van der Waals surface area (Å²) in [5, 5.41) is 3.14. The van der Waals surface area contributed by atoms with Crippen LogP contribution in [0.4, 0.5) is 11.4 Å². The lowest BCUT2D eigenvalue weighted by Crippen LogP contribution is -2.21. The molecule has 4 nitrogen and oxygen atoms in total. The number of hydrogen-bond donors (Lipinski definition) is 2. The third kappa shape index (κ3) is 3.65. The lowest BCUT2D eigenvalue weighted by atomic mass is 10.2. The van der Waals surface area contributed by atoms with Crippen molar-refractivity contribution in [1.82, 2.24) is 0 Å². The van der Waals surface area contributed by atoms with Gasteiger partial charge in [0.2, 0.25) is 0 Å². The number of benzene rings is 2. The summed E-state index contributed by atoms with van der Waals surface area (Å²) in [4.78, 5) is 11.8. The molecule has 0 spiro atoms. The van der Waals surface area contributed by atoms with Gasteiger partial charge in [-0.05, 0) is 36.8 Å². The van der Waals surface area contributed by atoms with Crippen LogP contribution in [-0.2, 0) is 4.79 Å². The molecule has 0 aromatic heterocycles. The standard InChI is InChI=1S/C15H15ClN2O2/c1-10-7-11(17)8-13(16)15(10)18-14(19)9-20-12-5-3-2-4-6-12/h2-8H,9,17H2,1H3,(H,18,19). The number of aryl methyl sites for hydroxylation is 1. The Hall–Kier alpha value is -2.20. The van der Waals surface area contributed by atoms with E-state index in [2.05, 4.69) is 5.32 Å². The molecular formula is C15H15ClN2O2. The van der Waals surface area contributed by atoms with E-state index in [-0.39, 0.29) is 12.5 Å². The molecule has 0 heterocycles. The summed E-state index contributed by atoms with van der Waals surface area (Å²) in [5.74, 6) is 0.367. The van der Waals surface area contributed by atoms with E-state index in [4.69, 9.17) is 22.1 Å². The Morgan fingerprint density at radius 2 is 2.00 bits per heavy atom. The van der Waals surface area contributed by atoms with E-state index in [0.717, 1.165) is 5.56 Å². The van der Waals surface area contributed by atoms with E-state index in [1.54, 1.807) is 24.3 Å². The molecule has 1 amide bonds. The number of nitrogen functional groups attached to an aromatic ring is 1. The Balaban J connectivity index is 1.98. The molecule has 0 aliphatic carbocycles. The van der Waals surface area contributed by atoms with Crippen molar-refractivity contribution >= 4 is 28.9 Å². The van der Waals surface area contributed by atoms with Gasteiger partial charge in [0.15, 0.2) is 6.61 Å². The van der Waals surface area contributed by atoms with Gasteiger partial charge in [0.25, 0.3) is 5.91 Å². The smallest absolute Gasteiger partial charge is 0.262 e. The number of carbonyl (C=O) groups is 1. The normalized spacial score (nSPS) is 10.1. The molecule has 0 radical (unpaired) electrons. The number of nitrogens with two attached hydrogens (primary N) is 1. The van der Waals surface area contributed by atoms with Gasteiger partial charge in [-0.1, -0.05) is 29.8 Å². The number of halogens is 1. The maximum absolute atomic E-state index is 11.8. The van der Waals surface area contributed by atoms with Crippen LogP contribution in [0.1, 0.15) is 5.56 Å². The van der Waals surface area contributed by atoms with Crippen LogP contribution < -0.4 is 15.8 Å². The van der Waals surface area contributed by atoms with Crippen LogP contribution in [0.15, 0.2) is 42.5 Å². The highest BCUT2D eigenvalue weighted by molar-refractivity contribution is 6.34. The van der Waals surface area contributed by atoms with Crippen molar-refractivity contribution in [2.24, 2.45) is 0 Å². The largest absolute Gasteiger partial charge is 0.484 e. The van der Waals surface area contributed by atoms with Crippen molar-refractivity contribution in [3.8, 4) is 5.75 Å². The highest BCUT2D eigenvalue weighted by atomic mass is 35.5. The second-order valence-corrected chi connectivity index (χ2v) is 4.75. The van der Waals surface area contributed by atoms with Gasteiger partial charge in [0, 0.05) is 5.69 Å². The number of ether oxygens (including phenoxy) is 1. The first-order valence-corrected chi connectivity index (χ1v) is 6.47. The monoisotopic (exact) mass is 290 g/mol. The molecule has 0 aliphatic heterocycles. The minimum atomic E-state index is -0.274. The lowest BCUT2D eigenvalue weighted by molar-refractivity contribution is -0.118. The highest BCUT2D eigenvalue weighted by Gasteiger charge is 2.10. The first-order valence-electron chi connectivity index (χ1n) is 6.09. The van der Waals surface area contributed by atoms with Gasteiger partial charge >= 0.3 is 0 Å². The van der Waals surface area contributed by atoms with Crippen molar-refractivity contribution in [3.05, 3.63) is 53.1 Å². The van der Waals surface area contributed by atoms with E-state index in [0.29, 0.717) is 22.1 Å². The Morgan fingerprint density at radius 3 is 2.65 bits per heavy atom. The minimum absolute atomic E-state index is 0.0792. The van der Waals surface area contributed by atoms with Gasteiger partial charge in [-0.25, -0.2) is 0 Å². The quantitative estimate of drug-likeness (QED) is 0.850. The van der Waals surface area contributed by atoms with Crippen LogP contribution in [-0.4, -0.2) is 12.5 Å². The molecule has 3 N–H and O–H groups in total. The average Bonchev–Trinajstić information content (AvgIpc) is 2.42. The molecule has 104 valence electrons. The summed E-state index contributed by atoms with van der Waals surface area (Å²) < 4.78 is 5.36. The van der Waals surface area contributed by atoms with Gasteiger partial charge in [0.05, 0.1) is 10.7 Å². The fourth-order valence-corrected chi connectivity index (χ4v) is 2.09. The predicted molar refractivity (Wildman–Crippen MR) is 81.2 cm³/mol. The molecule has 0 saturated carbocycles. The Bertz CT molecular complexity index is 592. The second kappa shape index (κ2) is 6.30. The molecule has 2 aromatic carbocycles. The molecule has 0 fully saturated rings. The Morgan fingerprint density at radius 1 is 1.30 bits per heavy atom. The van der Waals surface area contributed by atoms with Gasteiger partial charge in [-0.2, -0.15) is 0 Å². The SMILES string of the molecule is Cc1cc(N)cc(Cl)c1NC(=O)COc1ccccc1. The summed E-state index contributed by atoms with van der Waals surface area (Å²) in [6, 6.07) is 12.5. The van der Waals surface area contributed by atoms with E-state index < -0.39 is 0 Å². The van der Waals surface area contributed by atoms with Crippen LogP contribution in [0.25, 0.3) is 0 Å². The predicted octanol–water partition coefficient (Wildman–Crippen LogP) is 3.25. The number of carbonyl (C=O) groups excluding carboxylic acids is 1. The minimum Gasteiger partial charge on any atom is -0.484 e. The van der Waals surface area contributed by atoms with E-state index >= 15 is 0 Å². The number of para-hydroxylation sites is 1. The summed E-state index contributed by atoms with van der Waals surface area (Å²) in [7, 11) is 0. The number of rotatable bonds is 4. The maximum Gasteiger partial charge on any atom is 0.262 e. The molecule has 0 unspecified atom stereocenters. The molecule has 20 heavy (non-hydrogen) atoms. The van der Waals surface area contributed by atoms with Crippen LogP contribution in [0.3, 0.4) is 0 Å². The van der Waals surface area contributed by atoms with Crippen LogP contribution in [0.5, 0.6) is 5.75 Å². The lowest BCUT2D eigenvalue weighted by Gasteiger charge is -2.12. The van der Waals surface area contributed by atoms with Crippen molar-refractivity contribution in [2.45, 2.75) is 6.92 Å². The highest BCUT2D eigenvalue weighted by Crippen LogP contribution is 2.28. The maximum atomic E-state index is 11.8. The summed E-state index contributed by atoms with van der Waals surface area (Å²) in [6.07, 6.45) is 0.